The number of aromatic nitrogens is 2. The first-order valence-corrected chi connectivity index (χ1v) is 9.77. The summed E-state index contributed by atoms with van der Waals surface area (Å²) in [6.07, 6.45) is 3.12. The molecule has 0 fully saturated rings. The van der Waals surface area contributed by atoms with E-state index in [1.165, 1.54) is 6.08 Å². The van der Waals surface area contributed by atoms with Gasteiger partial charge in [-0.15, -0.1) is 0 Å². The topological polar surface area (TPSA) is 65.4 Å². The first-order valence-electron chi connectivity index (χ1n) is 9.77. The molecule has 1 aromatic heterocycles. The van der Waals surface area contributed by atoms with Crippen molar-refractivity contribution < 1.29 is 14.3 Å². The summed E-state index contributed by atoms with van der Waals surface area (Å²) in [5, 5.41) is 2.90. The summed E-state index contributed by atoms with van der Waals surface area (Å²) >= 11 is 0. The molecule has 2 aromatic carbocycles. The van der Waals surface area contributed by atoms with Gasteiger partial charge in [0, 0.05) is 6.54 Å². The number of methoxy groups -OCH3 is 1. The Morgan fingerprint density at radius 2 is 1.90 bits per heavy atom. The van der Waals surface area contributed by atoms with Crippen LogP contribution >= 0.6 is 0 Å². The van der Waals surface area contributed by atoms with Crippen molar-refractivity contribution in [2.45, 2.75) is 32.4 Å². The van der Waals surface area contributed by atoms with Crippen LogP contribution in [0.15, 0.2) is 61.2 Å². The van der Waals surface area contributed by atoms with Crippen molar-refractivity contribution in [1.29, 1.82) is 0 Å². The Kier molecular flexibility index (Phi) is 6.89. The highest BCUT2D eigenvalue weighted by Gasteiger charge is 2.17. The van der Waals surface area contributed by atoms with E-state index in [9.17, 15) is 4.79 Å². The second kappa shape index (κ2) is 9.78. The molecule has 3 aromatic rings. The highest BCUT2D eigenvalue weighted by Crippen LogP contribution is 2.22. The summed E-state index contributed by atoms with van der Waals surface area (Å²) in [4.78, 5) is 16.4. The van der Waals surface area contributed by atoms with E-state index in [-0.39, 0.29) is 11.9 Å². The Bertz CT molecular complexity index is 963. The first-order chi connectivity index (χ1) is 14.1. The molecule has 1 heterocycles. The average Bonchev–Trinajstić information content (AvgIpc) is 3.12. The molecule has 0 spiro atoms. The van der Waals surface area contributed by atoms with E-state index < -0.39 is 0 Å². The number of hydrogen-bond donors (Lipinski definition) is 1. The fourth-order valence-corrected chi connectivity index (χ4v) is 3.23. The van der Waals surface area contributed by atoms with Crippen molar-refractivity contribution in [2.75, 3.05) is 13.7 Å². The van der Waals surface area contributed by atoms with Gasteiger partial charge in [0.2, 0.25) is 5.91 Å². The van der Waals surface area contributed by atoms with Crippen LogP contribution in [0.1, 0.15) is 31.6 Å². The molecule has 0 bridgehead atoms. The van der Waals surface area contributed by atoms with Crippen LogP contribution in [0.5, 0.6) is 11.5 Å². The maximum absolute atomic E-state index is 11.7. The number of benzene rings is 2. The van der Waals surface area contributed by atoms with Gasteiger partial charge in [0.1, 0.15) is 17.3 Å². The Balaban J connectivity index is 1.61. The zero-order chi connectivity index (χ0) is 20.6. The van der Waals surface area contributed by atoms with Crippen LogP contribution in [0.2, 0.25) is 0 Å². The van der Waals surface area contributed by atoms with Crippen LogP contribution < -0.4 is 14.8 Å². The fraction of sp³-hybridized carbons (Fsp3) is 0.304. The van der Waals surface area contributed by atoms with E-state index in [0.29, 0.717) is 6.61 Å². The maximum atomic E-state index is 11.7. The van der Waals surface area contributed by atoms with Crippen LogP contribution in [-0.2, 0) is 11.3 Å². The number of fused-ring (bicyclic) bond motifs is 1. The normalized spacial score (nSPS) is 11.8. The average molecular weight is 393 g/mol. The Morgan fingerprint density at radius 1 is 1.17 bits per heavy atom. The van der Waals surface area contributed by atoms with Crippen LogP contribution in [0.25, 0.3) is 11.0 Å². The van der Waals surface area contributed by atoms with E-state index in [4.69, 9.17) is 14.5 Å². The highest BCUT2D eigenvalue weighted by molar-refractivity contribution is 5.87. The molecule has 1 N–H and O–H groups in total. The van der Waals surface area contributed by atoms with Crippen LogP contribution in [-0.4, -0.2) is 29.2 Å². The van der Waals surface area contributed by atoms with Gasteiger partial charge in [-0.05, 0) is 62.2 Å². The minimum absolute atomic E-state index is 0.205. The number of nitrogens with zero attached hydrogens (tertiary/aromatic N) is 2. The van der Waals surface area contributed by atoms with E-state index in [0.717, 1.165) is 47.7 Å². The Hall–Kier alpha value is -3.28. The van der Waals surface area contributed by atoms with Crippen LogP contribution in [0, 0.1) is 0 Å². The fourth-order valence-electron chi connectivity index (χ4n) is 3.23. The Morgan fingerprint density at radius 3 is 2.62 bits per heavy atom. The number of hydrogen-bond acceptors (Lipinski definition) is 4. The monoisotopic (exact) mass is 393 g/mol. The summed E-state index contributed by atoms with van der Waals surface area (Å²) in [5.74, 6) is 2.29. The van der Waals surface area contributed by atoms with Gasteiger partial charge in [-0.3, -0.25) is 4.79 Å². The van der Waals surface area contributed by atoms with Gasteiger partial charge >= 0.3 is 0 Å². The van der Waals surface area contributed by atoms with Crippen molar-refractivity contribution >= 4 is 16.9 Å². The number of nitrogens with one attached hydrogen (secondary N) is 1. The molecule has 6 heteroatoms. The molecule has 0 saturated carbocycles. The molecule has 3 rings (SSSR count). The predicted molar refractivity (Wildman–Crippen MR) is 114 cm³/mol. The summed E-state index contributed by atoms with van der Waals surface area (Å²) in [7, 11) is 1.65. The molecule has 0 aliphatic rings. The molecular weight excluding hydrogens is 366 g/mol. The molecule has 29 heavy (non-hydrogen) atoms. The third-order valence-electron chi connectivity index (χ3n) is 4.72. The lowest BCUT2D eigenvalue weighted by molar-refractivity contribution is -0.117. The van der Waals surface area contributed by atoms with Crippen molar-refractivity contribution in [2.24, 2.45) is 0 Å². The number of carbonyl (C=O) groups excluding carboxylic acids is 1. The molecule has 0 saturated heterocycles. The van der Waals surface area contributed by atoms with Gasteiger partial charge in [-0.25, -0.2) is 4.98 Å². The molecule has 152 valence electrons. The number of imidazole rings is 1. The van der Waals surface area contributed by atoms with Crippen LogP contribution in [0.4, 0.5) is 0 Å². The number of rotatable bonds is 10. The highest BCUT2D eigenvalue weighted by atomic mass is 16.5. The summed E-state index contributed by atoms with van der Waals surface area (Å²) < 4.78 is 13.1. The summed E-state index contributed by atoms with van der Waals surface area (Å²) in [6.45, 7) is 6.89. The smallest absolute Gasteiger partial charge is 0.243 e. The van der Waals surface area contributed by atoms with Gasteiger partial charge in [0.25, 0.3) is 0 Å². The minimum atomic E-state index is -0.205. The molecule has 1 atom stereocenters. The van der Waals surface area contributed by atoms with Crippen molar-refractivity contribution in [3.05, 3.63) is 67.0 Å². The van der Waals surface area contributed by atoms with Gasteiger partial charge in [-0.1, -0.05) is 18.7 Å². The first kappa shape index (κ1) is 20.5. The molecule has 6 nitrogen and oxygen atoms in total. The standard InChI is InChI=1S/C23H27N3O3/c1-4-22(27)24-17(2)23-25-20-9-5-6-10-21(20)26(23)15-7-8-16-29-19-13-11-18(28-3)12-14-19/h4-6,9-14,17H,1,7-8,15-16H2,2-3H3,(H,24,27). The molecule has 1 amide bonds. The Labute approximate surface area is 171 Å². The number of ether oxygens (including phenoxy) is 2. The quantitative estimate of drug-likeness (QED) is 0.413. The SMILES string of the molecule is C=CC(=O)NC(C)c1nc2ccccc2n1CCCCOc1ccc(OC)cc1. The predicted octanol–water partition coefficient (Wildman–Crippen LogP) is 4.27. The van der Waals surface area contributed by atoms with Crippen molar-refractivity contribution in [1.82, 2.24) is 14.9 Å². The number of amides is 1. The second-order valence-electron chi connectivity index (χ2n) is 6.78. The molecule has 1 unspecified atom stereocenters. The molecule has 0 radical (unpaired) electrons. The summed E-state index contributed by atoms with van der Waals surface area (Å²) in [6, 6.07) is 15.4. The largest absolute Gasteiger partial charge is 0.497 e. The van der Waals surface area contributed by atoms with Crippen LogP contribution in [0.3, 0.4) is 0 Å². The van der Waals surface area contributed by atoms with E-state index >= 15 is 0 Å². The number of para-hydroxylation sites is 2. The van der Waals surface area contributed by atoms with Crippen molar-refractivity contribution in [3.63, 3.8) is 0 Å². The maximum Gasteiger partial charge on any atom is 0.243 e. The zero-order valence-corrected chi connectivity index (χ0v) is 16.9. The lowest BCUT2D eigenvalue weighted by Crippen LogP contribution is -2.27. The number of unbranched alkanes of at least 4 members (excludes halogenated alkanes) is 1. The minimum Gasteiger partial charge on any atom is -0.497 e. The molecule has 0 aliphatic carbocycles. The third-order valence-corrected chi connectivity index (χ3v) is 4.72. The van der Waals surface area contributed by atoms with E-state index in [2.05, 4.69) is 22.5 Å². The van der Waals surface area contributed by atoms with Gasteiger partial charge in [-0.2, -0.15) is 0 Å². The second-order valence-corrected chi connectivity index (χ2v) is 6.78. The summed E-state index contributed by atoms with van der Waals surface area (Å²) in [5.41, 5.74) is 2.00. The number of carbonyl (C=O) groups is 1. The van der Waals surface area contributed by atoms with Gasteiger partial charge < -0.3 is 19.4 Å². The van der Waals surface area contributed by atoms with E-state index in [1.54, 1.807) is 7.11 Å². The zero-order valence-electron chi connectivity index (χ0n) is 16.9. The molecular formula is C23H27N3O3. The van der Waals surface area contributed by atoms with Crippen molar-refractivity contribution in [3.8, 4) is 11.5 Å². The van der Waals surface area contributed by atoms with Gasteiger partial charge in [0.05, 0.1) is 30.8 Å². The van der Waals surface area contributed by atoms with Gasteiger partial charge in [0.15, 0.2) is 0 Å². The molecule has 0 aliphatic heterocycles. The third kappa shape index (κ3) is 5.16. The van der Waals surface area contributed by atoms with E-state index in [1.807, 2.05) is 49.4 Å². The number of aryl methyl sites for hydroxylation is 1. The lowest BCUT2D eigenvalue weighted by Gasteiger charge is -2.15. The lowest BCUT2D eigenvalue weighted by atomic mass is 10.2.